The van der Waals surface area contributed by atoms with Crippen LogP contribution in [0.15, 0.2) is 30.3 Å². The molecule has 3 nitrogen and oxygen atoms in total. The molecule has 29 heavy (non-hydrogen) atoms. The molecule has 1 N–H and O–H groups in total. The number of ether oxygens (including phenoxy) is 1. The SMILES string of the molecule is CC(F)(F)C(F)(F)c1nc2cc(Oc3ccc(C(F)(F)F)cc3Cl)c(Cl)cc2[nH]1. The Kier molecular flexibility index (Phi) is 5.15. The number of aromatic nitrogens is 2. The van der Waals surface area contributed by atoms with Gasteiger partial charge in [-0.2, -0.15) is 30.7 Å². The number of alkyl halides is 7. The Bertz CT molecular complexity index is 1070. The summed E-state index contributed by atoms with van der Waals surface area (Å²) in [6, 6.07) is 4.48. The minimum absolute atomic E-state index is 0.0499. The number of H-pyrrole nitrogens is 1. The standard InChI is InChI=1S/C17H9Cl2F7N2O/c1-15(20,21)16(22,23)14-27-10-5-9(19)13(6-11(10)28-14)29-12-3-2-7(4-8(12)18)17(24,25)26/h2-6H,1H3,(H,27,28). The van der Waals surface area contributed by atoms with Crippen LogP contribution in [0.3, 0.4) is 0 Å². The first-order chi connectivity index (χ1) is 13.2. The first-order valence-electron chi connectivity index (χ1n) is 7.70. The number of halogens is 9. The summed E-state index contributed by atoms with van der Waals surface area (Å²) in [5.74, 6) is -10.6. The lowest BCUT2D eigenvalue weighted by atomic mass is 10.2. The molecular formula is C17H9Cl2F7N2O. The number of nitrogens with one attached hydrogen (secondary N) is 1. The number of imidazole rings is 1. The van der Waals surface area contributed by atoms with Gasteiger partial charge in [-0.15, -0.1) is 0 Å². The van der Waals surface area contributed by atoms with Gasteiger partial charge >= 0.3 is 18.0 Å². The molecule has 0 fully saturated rings. The van der Waals surface area contributed by atoms with E-state index in [9.17, 15) is 30.7 Å². The Labute approximate surface area is 168 Å². The highest BCUT2D eigenvalue weighted by molar-refractivity contribution is 6.33. The van der Waals surface area contributed by atoms with Gasteiger partial charge in [-0.25, -0.2) is 4.98 Å². The second-order valence-electron chi connectivity index (χ2n) is 6.09. The Morgan fingerprint density at radius 2 is 1.52 bits per heavy atom. The minimum Gasteiger partial charge on any atom is -0.454 e. The van der Waals surface area contributed by atoms with Gasteiger partial charge in [0.2, 0.25) is 0 Å². The first-order valence-corrected chi connectivity index (χ1v) is 8.45. The van der Waals surface area contributed by atoms with E-state index in [2.05, 4.69) is 9.97 Å². The molecule has 1 aromatic heterocycles. The Balaban J connectivity index is 1.98. The zero-order valence-electron chi connectivity index (χ0n) is 14.1. The number of aromatic amines is 1. The molecule has 3 aromatic rings. The van der Waals surface area contributed by atoms with E-state index < -0.39 is 29.4 Å². The van der Waals surface area contributed by atoms with Crippen molar-refractivity contribution >= 4 is 34.2 Å². The van der Waals surface area contributed by atoms with Gasteiger partial charge in [0.25, 0.3) is 0 Å². The monoisotopic (exact) mass is 460 g/mol. The Morgan fingerprint density at radius 1 is 0.897 bits per heavy atom. The molecular weight excluding hydrogens is 452 g/mol. The van der Waals surface area contributed by atoms with Gasteiger partial charge in [-0.05, 0) is 24.3 Å². The minimum atomic E-state index is -4.61. The van der Waals surface area contributed by atoms with E-state index in [0.717, 1.165) is 24.3 Å². The Hall–Kier alpha value is -2.20. The topological polar surface area (TPSA) is 37.9 Å². The van der Waals surface area contributed by atoms with Crippen molar-refractivity contribution in [2.75, 3.05) is 0 Å². The number of nitrogens with zero attached hydrogens (tertiary/aromatic N) is 1. The fraction of sp³-hybridized carbons (Fsp3) is 0.235. The van der Waals surface area contributed by atoms with Crippen molar-refractivity contribution in [2.45, 2.75) is 24.9 Å². The van der Waals surface area contributed by atoms with E-state index >= 15 is 0 Å². The van der Waals surface area contributed by atoms with E-state index in [-0.39, 0.29) is 39.5 Å². The van der Waals surface area contributed by atoms with Crippen molar-refractivity contribution in [1.82, 2.24) is 9.97 Å². The molecule has 1 heterocycles. The van der Waals surface area contributed by atoms with Crippen LogP contribution >= 0.6 is 23.2 Å². The predicted molar refractivity (Wildman–Crippen MR) is 92.1 cm³/mol. The molecule has 12 heteroatoms. The Morgan fingerprint density at radius 3 is 2.07 bits per heavy atom. The molecule has 156 valence electrons. The van der Waals surface area contributed by atoms with Crippen LogP contribution in [0, 0.1) is 0 Å². The lowest BCUT2D eigenvalue weighted by molar-refractivity contribution is -0.209. The molecule has 3 rings (SSSR count). The molecule has 0 aliphatic heterocycles. The molecule has 0 radical (unpaired) electrons. The summed E-state index contributed by atoms with van der Waals surface area (Å²) in [5, 5.41) is -0.522. The van der Waals surface area contributed by atoms with Gasteiger partial charge in [0.05, 0.1) is 26.6 Å². The maximum atomic E-state index is 13.8. The third-order valence-corrected chi connectivity index (χ3v) is 4.45. The summed E-state index contributed by atoms with van der Waals surface area (Å²) in [6.45, 7) is 0.0499. The van der Waals surface area contributed by atoms with Gasteiger partial charge in [-0.1, -0.05) is 23.2 Å². The van der Waals surface area contributed by atoms with Crippen molar-refractivity contribution in [3.05, 3.63) is 51.8 Å². The normalized spacial score (nSPS) is 13.2. The van der Waals surface area contributed by atoms with Gasteiger partial charge in [0, 0.05) is 13.0 Å². The summed E-state index contributed by atoms with van der Waals surface area (Å²) in [7, 11) is 0. The quantitative estimate of drug-likeness (QED) is 0.411. The summed E-state index contributed by atoms with van der Waals surface area (Å²) >= 11 is 11.8. The first kappa shape index (κ1) is 21.5. The lowest BCUT2D eigenvalue weighted by Crippen LogP contribution is -2.35. The van der Waals surface area contributed by atoms with Crippen molar-refractivity contribution in [2.24, 2.45) is 0 Å². The zero-order valence-corrected chi connectivity index (χ0v) is 15.7. The zero-order chi connectivity index (χ0) is 21.8. The number of hydrogen-bond donors (Lipinski definition) is 1. The van der Waals surface area contributed by atoms with E-state index in [4.69, 9.17) is 27.9 Å². The molecule has 0 unspecified atom stereocenters. The van der Waals surface area contributed by atoms with E-state index in [1.165, 1.54) is 0 Å². The van der Waals surface area contributed by atoms with E-state index in [0.29, 0.717) is 6.07 Å². The maximum absolute atomic E-state index is 13.8. The lowest BCUT2D eigenvalue weighted by Gasteiger charge is -2.20. The third-order valence-electron chi connectivity index (χ3n) is 3.86. The number of hydrogen-bond acceptors (Lipinski definition) is 2. The highest BCUT2D eigenvalue weighted by Gasteiger charge is 2.56. The molecule has 0 saturated heterocycles. The van der Waals surface area contributed by atoms with Crippen LogP contribution < -0.4 is 4.74 Å². The largest absolute Gasteiger partial charge is 0.454 e. The van der Waals surface area contributed by atoms with Gasteiger partial charge in [0.15, 0.2) is 5.82 Å². The summed E-state index contributed by atoms with van der Waals surface area (Å²) in [6.07, 6.45) is -4.61. The van der Waals surface area contributed by atoms with Crippen LogP contribution in [0.1, 0.15) is 18.3 Å². The van der Waals surface area contributed by atoms with Crippen molar-refractivity contribution in [3.8, 4) is 11.5 Å². The average molecular weight is 461 g/mol. The summed E-state index contributed by atoms with van der Waals surface area (Å²) in [5.41, 5.74) is -1.25. The number of fused-ring (bicyclic) bond motifs is 1. The van der Waals surface area contributed by atoms with E-state index in [1.807, 2.05) is 0 Å². The molecule has 0 amide bonds. The van der Waals surface area contributed by atoms with Crippen molar-refractivity contribution in [1.29, 1.82) is 0 Å². The van der Waals surface area contributed by atoms with E-state index in [1.54, 1.807) is 0 Å². The predicted octanol–water partition coefficient (Wildman–Crippen LogP) is 7.43. The molecule has 0 saturated carbocycles. The second-order valence-corrected chi connectivity index (χ2v) is 6.91. The van der Waals surface area contributed by atoms with Gasteiger partial charge < -0.3 is 9.72 Å². The second kappa shape index (κ2) is 6.94. The number of rotatable bonds is 4. The van der Waals surface area contributed by atoms with Crippen LogP contribution in [-0.2, 0) is 12.1 Å². The van der Waals surface area contributed by atoms with Crippen LogP contribution in [0.2, 0.25) is 10.0 Å². The number of benzene rings is 2. The highest BCUT2D eigenvalue weighted by atomic mass is 35.5. The fourth-order valence-electron chi connectivity index (χ4n) is 2.32. The molecule has 0 atom stereocenters. The maximum Gasteiger partial charge on any atom is 0.416 e. The van der Waals surface area contributed by atoms with Crippen LogP contribution in [-0.4, -0.2) is 15.9 Å². The van der Waals surface area contributed by atoms with Crippen molar-refractivity contribution < 1.29 is 35.5 Å². The third kappa shape index (κ3) is 4.09. The molecule has 0 aliphatic rings. The molecule has 0 aliphatic carbocycles. The molecule has 0 bridgehead atoms. The fourth-order valence-corrected chi connectivity index (χ4v) is 2.75. The summed E-state index contributed by atoms with van der Waals surface area (Å²) in [4.78, 5) is 5.53. The van der Waals surface area contributed by atoms with Crippen LogP contribution in [0.4, 0.5) is 30.7 Å². The smallest absolute Gasteiger partial charge is 0.416 e. The molecule has 0 spiro atoms. The summed E-state index contributed by atoms with van der Waals surface area (Å²) < 4.78 is 97.4. The average Bonchev–Trinajstić information content (AvgIpc) is 2.98. The van der Waals surface area contributed by atoms with Crippen molar-refractivity contribution in [3.63, 3.8) is 0 Å². The van der Waals surface area contributed by atoms with Gasteiger partial charge in [-0.3, -0.25) is 0 Å². The highest BCUT2D eigenvalue weighted by Crippen LogP contribution is 2.43. The van der Waals surface area contributed by atoms with Crippen LogP contribution in [0.25, 0.3) is 11.0 Å². The van der Waals surface area contributed by atoms with Crippen LogP contribution in [0.5, 0.6) is 11.5 Å². The molecule has 2 aromatic carbocycles. The van der Waals surface area contributed by atoms with Gasteiger partial charge in [0.1, 0.15) is 11.5 Å².